The van der Waals surface area contributed by atoms with E-state index in [2.05, 4.69) is 16.0 Å². The maximum atomic E-state index is 12.1. The average molecular weight is 411 g/mol. The van der Waals surface area contributed by atoms with Gasteiger partial charge in [0.15, 0.2) is 12.4 Å². The van der Waals surface area contributed by atoms with Crippen LogP contribution in [0.1, 0.15) is 47.1 Å². The SMILES string of the molecule is CC(=O)c1cccc(NC(=O)COC(=O)c2ccc(CNC(=O)NC(C)C)cc2)c1. The summed E-state index contributed by atoms with van der Waals surface area (Å²) in [6, 6.07) is 12.8. The van der Waals surface area contributed by atoms with Gasteiger partial charge in [0.05, 0.1) is 5.56 Å². The van der Waals surface area contributed by atoms with Gasteiger partial charge in [0.1, 0.15) is 0 Å². The van der Waals surface area contributed by atoms with E-state index >= 15 is 0 Å². The highest BCUT2D eigenvalue weighted by molar-refractivity contribution is 5.98. The lowest BCUT2D eigenvalue weighted by Crippen LogP contribution is -2.39. The minimum atomic E-state index is -0.639. The van der Waals surface area contributed by atoms with Crippen LogP contribution in [-0.2, 0) is 16.1 Å². The summed E-state index contributed by atoms with van der Waals surface area (Å²) in [6.45, 7) is 5.02. The van der Waals surface area contributed by atoms with E-state index in [9.17, 15) is 19.2 Å². The quantitative estimate of drug-likeness (QED) is 0.457. The van der Waals surface area contributed by atoms with Crippen molar-refractivity contribution in [2.45, 2.75) is 33.4 Å². The number of benzene rings is 2. The van der Waals surface area contributed by atoms with Crippen LogP contribution in [0.25, 0.3) is 0 Å². The first-order valence-electron chi connectivity index (χ1n) is 9.46. The molecule has 30 heavy (non-hydrogen) atoms. The first-order valence-corrected chi connectivity index (χ1v) is 9.46. The summed E-state index contributed by atoms with van der Waals surface area (Å²) in [5.41, 5.74) is 2.02. The van der Waals surface area contributed by atoms with Crippen LogP contribution in [0.2, 0.25) is 0 Å². The van der Waals surface area contributed by atoms with E-state index in [1.54, 1.807) is 48.5 Å². The molecule has 0 fully saturated rings. The Bertz CT molecular complexity index is 923. The molecule has 8 heteroatoms. The zero-order valence-electron chi connectivity index (χ0n) is 17.2. The van der Waals surface area contributed by atoms with Crippen molar-refractivity contribution in [2.24, 2.45) is 0 Å². The van der Waals surface area contributed by atoms with Gasteiger partial charge in [0.25, 0.3) is 5.91 Å². The van der Waals surface area contributed by atoms with Crippen LogP contribution in [-0.4, -0.2) is 36.3 Å². The maximum Gasteiger partial charge on any atom is 0.338 e. The summed E-state index contributed by atoms with van der Waals surface area (Å²) >= 11 is 0. The molecule has 0 aliphatic rings. The molecular weight excluding hydrogens is 386 g/mol. The fourth-order valence-electron chi connectivity index (χ4n) is 2.48. The molecular formula is C22H25N3O5. The van der Waals surface area contributed by atoms with Gasteiger partial charge >= 0.3 is 12.0 Å². The maximum absolute atomic E-state index is 12.1. The highest BCUT2D eigenvalue weighted by Gasteiger charge is 2.11. The monoisotopic (exact) mass is 411 g/mol. The lowest BCUT2D eigenvalue weighted by Gasteiger charge is -2.10. The van der Waals surface area contributed by atoms with E-state index in [1.165, 1.54) is 6.92 Å². The predicted molar refractivity (Wildman–Crippen MR) is 112 cm³/mol. The summed E-state index contributed by atoms with van der Waals surface area (Å²) in [5, 5.41) is 8.01. The molecule has 0 aromatic heterocycles. The molecule has 0 aliphatic heterocycles. The summed E-state index contributed by atoms with van der Waals surface area (Å²) < 4.78 is 5.02. The number of urea groups is 1. The zero-order valence-corrected chi connectivity index (χ0v) is 17.2. The predicted octanol–water partition coefficient (Wildman–Crippen LogP) is 2.89. The van der Waals surface area contributed by atoms with E-state index in [4.69, 9.17) is 4.74 Å². The lowest BCUT2D eigenvalue weighted by molar-refractivity contribution is -0.119. The van der Waals surface area contributed by atoms with E-state index < -0.39 is 18.5 Å². The Morgan fingerprint density at radius 1 is 0.967 bits per heavy atom. The second-order valence-electron chi connectivity index (χ2n) is 6.94. The molecule has 2 aromatic rings. The van der Waals surface area contributed by atoms with Crippen molar-refractivity contribution in [2.75, 3.05) is 11.9 Å². The second kappa shape index (κ2) is 10.8. The van der Waals surface area contributed by atoms with Crippen molar-refractivity contribution < 1.29 is 23.9 Å². The fraction of sp³-hybridized carbons (Fsp3) is 0.273. The van der Waals surface area contributed by atoms with Gasteiger partial charge in [-0.15, -0.1) is 0 Å². The van der Waals surface area contributed by atoms with Crippen molar-refractivity contribution in [1.82, 2.24) is 10.6 Å². The minimum absolute atomic E-state index is 0.0393. The molecule has 3 N–H and O–H groups in total. The normalized spacial score (nSPS) is 10.3. The molecule has 158 valence electrons. The number of hydrogen-bond donors (Lipinski definition) is 3. The van der Waals surface area contributed by atoms with Crippen molar-refractivity contribution in [3.63, 3.8) is 0 Å². The number of ether oxygens (including phenoxy) is 1. The average Bonchev–Trinajstić information content (AvgIpc) is 2.70. The Hall–Kier alpha value is -3.68. The molecule has 2 aromatic carbocycles. The third kappa shape index (κ3) is 7.38. The molecule has 0 heterocycles. The Labute approximate surface area is 175 Å². The van der Waals surface area contributed by atoms with Crippen molar-refractivity contribution >= 4 is 29.4 Å². The van der Waals surface area contributed by atoms with E-state index in [1.807, 2.05) is 13.8 Å². The molecule has 0 saturated heterocycles. The number of carbonyl (C=O) groups is 4. The van der Waals surface area contributed by atoms with Gasteiger partial charge < -0.3 is 20.7 Å². The molecule has 0 spiro atoms. The topological polar surface area (TPSA) is 114 Å². The molecule has 0 bridgehead atoms. The Kier molecular flexibility index (Phi) is 8.10. The van der Waals surface area contributed by atoms with Gasteiger partial charge in [-0.25, -0.2) is 9.59 Å². The molecule has 2 rings (SSSR count). The van der Waals surface area contributed by atoms with Crippen LogP contribution in [0.15, 0.2) is 48.5 Å². The third-order valence-corrected chi connectivity index (χ3v) is 3.95. The molecule has 0 unspecified atom stereocenters. The number of amides is 3. The smallest absolute Gasteiger partial charge is 0.338 e. The van der Waals surface area contributed by atoms with Crippen molar-refractivity contribution in [3.8, 4) is 0 Å². The lowest BCUT2D eigenvalue weighted by atomic mass is 10.1. The van der Waals surface area contributed by atoms with Gasteiger partial charge in [0.2, 0.25) is 0 Å². The number of esters is 1. The highest BCUT2D eigenvalue weighted by atomic mass is 16.5. The van der Waals surface area contributed by atoms with Crippen LogP contribution in [0.3, 0.4) is 0 Å². The molecule has 0 aliphatic carbocycles. The molecule has 0 atom stereocenters. The first-order chi connectivity index (χ1) is 14.2. The number of hydrogen-bond acceptors (Lipinski definition) is 5. The standard InChI is InChI=1S/C22H25N3O5/c1-14(2)24-22(29)23-12-16-7-9-17(10-8-16)21(28)30-13-20(27)25-19-6-4-5-18(11-19)15(3)26/h4-11,14H,12-13H2,1-3H3,(H,25,27)(H2,23,24,29). The highest BCUT2D eigenvalue weighted by Crippen LogP contribution is 2.11. The van der Waals surface area contributed by atoms with E-state index in [0.717, 1.165) is 5.56 Å². The van der Waals surface area contributed by atoms with Crippen molar-refractivity contribution in [1.29, 1.82) is 0 Å². The fourth-order valence-corrected chi connectivity index (χ4v) is 2.48. The van der Waals surface area contributed by atoms with Gasteiger partial charge in [-0.3, -0.25) is 9.59 Å². The van der Waals surface area contributed by atoms with Gasteiger partial charge in [-0.2, -0.15) is 0 Å². The Morgan fingerprint density at radius 3 is 2.30 bits per heavy atom. The Morgan fingerprint density at radius 2 is 1.67 bits per heavy atom. The third-order valence-electron chi connectivity index (χ3n) is 3.95. The van der Waals surface area contributed by atoms with Gasteiger partial charge in [-0.05, 0) is 50.6 Å². The van der Waals surface area contributed by atoms with Crippen LogP contribution in [0, 0.1) is 0 Å². The summed E-state index contributed by atoms with van der Waals surface area (Å²) in [4.78, 5) is 47.1. The van der Waals surface area contributed by atoms with E-state index in [-0.39, 0.29) is 23.4 Å². The number of anilines is 1. The Balaban J connectivity index is 1.81. The van der Waals surface area contributed by atoms with Crippen molar-refractivity contribution in [3.05, 3.63) is 65.2 Å². The molecule has 0 saturated carbocycles. The zero-order chi connectivity index (χ0) is 22.1. The van der Waals surface area contributed by atoms with Crippen LogP contribution in [0.5, 0.6) is 0 Å². The van der Waals surface area contributed by atoms with Gasteiger partial charge in [0, 0.05) is 23.8 Å². The molecule has 8 nitrogen and oxygen atoms in total. The van der Waals surface area contributed by atoms with E-state index in [0.29, 0.717) is 17.8 Å². The minimum Gasteiger partial charge on any atom is -0.452 e. The second-order valence-corrected chi connectivity index (χ2v) is 6.94. The van der Waals surface area contributed by atoms with Gasteiger partial charge in [-0.1, -0.05) is 24.3 Å². The number of carbonyl (C=O) groups excluding carboxylic acids is 4. The summed E-state index contributed by atoms with van der Waals surface area (Å²) in [7, 11) is 0. The number of rotatable bonds is 8. The van der Waals surface area contributed by atoms with Crippen LogP contribution < -0.4 is 16.0 Å². The largest absolute Gasteiger partial charge is 0.452 e. The number of Topliss-reactive ketones (excluding diaryl/α,β-unsaturated/α-hetero) is 1. The first kappa shape index (κ1) is 22.6. The number of nitrogens with one attached hydrogen (secondary N) is 3. The van der Waals surface area contributed by atoms with Crippen LogP contribution >= 0.6 is 0 Å². The molecule has 3 amide bonds. The number of ketones is 1. The summed E-state index contributed by atoms with van der Waals surface area (Å²) in [6.07, 6.45) is 0. The molecule has 0 radical (unpaired) electrons. The summed E-state index contributed by atoms with van der Waals surface area (Å²) in [5.74, 6) is -1.27. The van der Waals surface area contributed by atoms with Crippen LogP contribution in [0.4, 0.5) is 10.5 Å².